The summed E-state index contributed by atoms with van der Waals surface area (Å²) in [6.07, 6.45) is 2.40. The standard InChI is InChI=1S/C15H18ClNO2/c1-3-6-11-9-10(2)14(18)17(15(11)19)13-8-5-4-7-12(13)16/h4-5,7-8,10-11H,3,6,9H2,1-2H3/t10-,11+/m1/s1. The Morgan fingerprint density at radius 1 is 1.26 bits per heavy atom. The average molecular weight is 280 g/mol. The fraction of sp³-hybridized carbons (Fsp3) is 0.467. The SMILES string of the molecule is CCC[C@H]1C[C@@H](C)C(=O)N(c2ccccc2Cl)C1=O. The van der Waals surface area contributed by atoms with Gasteiger partial charge in [0, 0.05) is 11.8 Å². The summed E-state index contributed by atoms with van der Waals surface area (Å²) >= 11 is 6.11. The number of imide groups is 1. The Kier molecular flexibility index (Phi) is 4.25. The van der Waals surface area contributed by atoms with Crippen molar-refractivity contribution in [2.45, 2.75) is 33.1 Å². The van der Waals surface area contributed by atoms with Crippen molar-refractivity contribution >= 4 is 29.1 Å². The fourth-order valence-electron chi connectivity index (χ4n) is 2.60. The number of hydrogen-bond donors (Lipinski definition) is 0. The lowest BCUT2D eigenvalue weighted by Crippen LogP contribution is -2.49. The molecule has 1 aliphatic rings. The second-order valence-corrected chi connectivity index (χ2v) is 5.49. The van der Waals surface area contributed by atoms with E-state index in [2.05, 4.69) is 0 Å². The van der Waals surface area contributed by atoms with Crippen LogP contribution in [0.4, 0.5) is 5.69 Å². The molecule has 0 aromatic heterocycles. The molecule has 2 atom stereocenters. The van der Waals surface area contributed by atoms with Crippen molar-refractivity contribution in [1.82, 2.24) is 0 Å². The third-order valence-electron chi connectivity index (χ3n) is 3.58. The molecule has 3 nitrogen and oxygen atoms in total. The van der Waals surface area contributed by atoms with Crippen LogP contribution in [0.2, 0.25) is 5.02 Å². The number of carbonyl (C=O) groups excluding carboxylic acids is 2. The van der Waals surface area contributed by atoms with Crippen molar-refractivity contribution in [2.24, 2.45) is 11.8 Å². The van der Waals surface area contributed by atoms with Crippen LogP contribution in [0.15, 0.2) is 24.3 Å². The quantitative estimate of drug-likeness (QED) is 0.792. The zero-order valence-corrected chi connectivity index (χ0v) is 12.0. The predicted molar refractivity (Wildman–Crippen MR) is 76.1 cm³/mol. The number of halogens is 1. The molecule has 2 rings (SSSR count). The predicted octanol–water partition coefficient (Wildman–Crippen LogP) is 3.66. The molecule has 1 aliphatic heterocycles. The minimum Gasteiger partial charge on any atom is -0.274 e. The van der Waals surface area contributed by atoms with Crippen molar-refractivity contribution in [3.8, 4) is 0 Å². The highest BCUT2D eigenvalue weighted by atomic mass is 35.5. The van der Waals surface area contributed by atoms with Crippen LogP contribution in [0.1, 0.15) is 33.1 Å². The van der Waals surface area contributed by atoms with Gasteiger partial charge in [-0.05, 0) is 25.0 Å². The van der Waals surface area contributed by atoms with E-state index in [0.717, 1.165) is 12.8 Å². The van der Waals surface area contributed by atoms with E-state index in [0.29, 0.717) is 17.1 Å². The molecule has 0 aliphatic carbocycles. The molecule has 1 heterocycles. The normalized spacial score (nSPS) is 23.8. The lowest BCUT2D eigenvalue weighted by Gasteiger charge is -2.34. The summed E-state index contributed by atoms with van der Waals surface area (Å²) in [5.41, 5.74) is 0.506. The van der Waals surface area contributed by atoms with Gasteiger partial charge in [-0.3, -0.25) is 9.59 Å². The Bertz CT molecular complexity index is 501. The summed E-state index contributed by atoms with van der Waals surface area (Å²) in [7, 11) is 0. The minimum absolute atomic E-state index is 0.0750. The lowest BCUT2D eigenvalue weighted by molar-refractivity contribution is -0.135. The van der Waals surface area contributed by atoms with Gasteiger partial charge in [-0.1, -0.05) is 44.0 Å². The van der Waals surface area contributed by atoms with Crippen LogP contribution in [0.3, 0.4) is 0 Å². The van der Waals surface area contributed by atoms with Crippen LogP contribution < -0.4 is 4.90 Å². The van der Waals surface area contributed by atoms with Gasteiger partial charge in [0.2, 0.25) is 11.8 Å². The van der Waals surface area contributed by atoms with Crippen LogP contribution in [0.5, 0.6) is 0 Å². The fourth-order valence-corrected chi connectivity index (χ4v) is 2.82. The van der Waals surface area contributed by atoms with Gasteiger partial charge in [-0.2, -0.15) is 0 Å². The molecule has 19 heavy (non-hydrogen) atoms. The monoisotopic (exact) mass is 279 g/mol. The first-order valence-electron chi connectivity index (χ1n) is 6.68. The highest BCUT2D eigenvalue weighted by Crippen LogP contribution is 2.34. The highest BCUT2D eigenvalue weighted by Gasteiger charge is 2.39. The van der Waals surface area contributed by atoms with Crippen molar-refractivity contribution in [3.63, 3.8) is 0 Å². The molecule has 1 saturated heterocycles. The molecule has 4 heteroatoms. The van der Waals surface area contributed by atoms with E-state index in [4.69, 9.17) is 11.6 Å². The number of hydrogen-bond acceptors (Lipinski definition) is 2. The number of piperidine rings is 1. The molecule has 102 valence electrons. The van der Waals surface area contributed by atoms with Gasteiger partial charge in [0.1, 0.15) is 0 Å². The van der Waals surface area contributed by atoms with Crippen LogP contribution in [-0.4, -0.2) is 11.8 Å². The van der Waals surface area contributed by atoms with E-state index in [1.54, 1.807) is 24.3 Å². The molecule has 0 N–H and O–H groups in total. The van der Waals surface area contributed by atoms with E-state index >= 15 is 0 Å². The third-order valence-corrected chi connectivity index (χ3v) is 3.90. The number of para-hydroxylation sites is 1. The van der Waals surface area contributed by atoms with Gasteiger partial charge in [-0.25, -0.2) is 4.90 Å². The van der Waals surface area contributed by atoms with Crippen LogP contribution in [0.25, 0.3) is 0 Å². The molecule has 0 spiro atoms. The van der Waals surface area contributed by atoms with Crippen LogP contribution >= 0.6 is 11.6 Å². The van der Waals surface area contributed by atoms with E-state index < -0.39 is 0 Å². The Morgan fingerprint density at radius 3 is 2.58 bits per heavy atom. The summed E-state index contributed by atoms with van der Waals surface area (Å²) in [5.74, 6) is -0.469. The van der Waals surface area contributed by atoms with Gasteiger partial charge in [0.15, 0.2) is 0 Å². The maximum atomic E-state index is 12.5. The molecular weight excluding hydrogens is 262 g/mol. The molecule has 0 radical (unpaired) electrons. The average Bonchev–Trinajstić information content (AvgIpc) is 2.38. The zero-order chi connectivity index (χ0) is 14.0. The Labute approximate surface area is 118 Å². The second-order valence-electron chi connectivity index (χ2n) is 5.09. The topological polar surface area (TPSA) is 37.4 Å². The van der Waals surface area contributed by atoms with Gasteiger partial charge >= 0.3 is 0 Å². The number of carbonyl (C=O) groups is 2. The first-order valence-corrected chi connectivity index (χ1v) is 7.06. The first-order chi connectivity index (χ1) is 9.06. The van der Waals surface area contributed by atoms with Gasteiger partial charge in [0.05, 0.1) is 10.7 Å². The smallest absolute Gasteiger partial charge is 0.236 e. The molecule has 1 aromatic carbocycles. The van der Waals surface area contributed by atoms with Gasteiger partial charge in [0.25, 0.3) is 0 Å². The molecule has 1 fully saturated rings. The maximum Gasteiger partial charge on any atom is 0.236 e. The maximum absolute atomic E-state index is 12.5. The van der Waals surface area contributed by atoms with Crippen LogP contribution in [-0.2, 0) is 9.59 Å². The summed E-state index contributed by atoms with van der Waals surface area (Å²) in [4.78, 5) is 26.0. The van der Waals surface area contributed by atoms with Gasteiger partial charge in [-0.15, -0.1) is 0 Å². The number of anilines is 1. The summed E-state index contributed by atoms with van der Waals surface area (Å²) < 4.78 is 0. The molecule has 2 amide bonds. The first kappa shape index (κ1) is 14.1. The van der Waals surface area contributed by atoms with Crippen molar-refractivity contribution in [1.29, 1.82) is 0 Å². The van der Waals surface area contributed by atoms with E-state index in [1.165, 1.54) is 4.90 Å². The summed E-state index contributed by atoms with van der Waals surface area (Å²) in [5, 5.41) is 0.438. The summed E-state index contributed by atoms with van der Waals surface area (Å²) in [6, 6.07) is 7.00. The largest absolute Gasteiger partial charge is 0.274 e. The number of rotatable bonds is 3. The van der Waals surface area contributed by atoms with Crippen molar-refractivity contribution < 1.29 is 9.59 Å². The molecule has 0 bridgehead atoms. The molecule has 0 saturated carbocycles. The minimum atomic E-state index is -0.148. The molecule has 1 aromatic rings. The number of amides is 2. The van der Waals surface area contributed by atoms with E-state index in [-0.39, 0.29) is 23.7 Å². The summed E-state index contributed by atoms with van der Waals surface area (Å²) in [6.45, 7) is 3.93. The van der Waals surface area contributed by atoms with Crippen molar-refractivity contribution in [2.75, 3.05) is 4.90 Å². The highest BCUT2D eigenvalue weighted by molar-refractivity contribution is 6.35. The Hall–Kier alpha value is -1.35. The van der Waals surface area contributed by atoms with Crippen LogP contribution in [0, 0.1) is 11.8 Å². The zero-order valence-electron chi connectivity index (χ0n) is 11.2. The molecular formula is C15H18ClNO2. The Balaban J connectivity index is 2.38. The Morgan fingerprint density at radius 2 is 1.95 bits per heavy atom. The second kappa shape index (κ2) is 5.74. The number of benzene rings is 1. The lowest BCUT2D eigenvalue weighted by atomic mass is 9.86. The van der Waals surface area contributed by atoms with E-state index in [9.17, 15) is 9.59 Å². The van der Waals surface area contributed by atoms with E-state index in [1.807, 2.05) is 13.8 Å². The van der Waals surface area contributed by atoms with Gasteiger partial charge < -0.3 is 0 Å². The molecule has 0 unspecified atom stereocenters. The number of nitrogens with zero attached hydrogens (tertiary/aromatic N) is 1. The van der Waals surface area contributed by atoms with Crippen molar-refractivity contribution in [3.05, 3.63) is 29.3 Å². The third kappa shape index (κ3) is 2.66.